The van der Waals surface area contributed by atoms with Gasteiger partial charge in [0.15, 0.2) is 0 Å². The molecule has 0 amide bonds. The third-order valence-corrected chi connectivity index (χ3v) is 3.42. The zero-order valence-electron chi connectivity index (χ0n) is 5.00. The van der Waals surface area contributed by atoms with E-state index in [1.807, 2.05) is 11.8 Å². The van der Waals surface area contributed by atoms with Crippen molar-refractivity contribution in [3.05, 3.63) is 11.5 Å². The molecule has 0 unspecified atom stereocenters. The predicted molar refractivity (Wildman–Crippen MR) is 37.8 cm³/mol. The summed E-state index contributed by atoms with van der Waals surface area (Å²) in [7, 11) is 0. The first-order valence-corrected chi connectivity index (χ1v) is 4.14. The Balaban J connectivity index is 2.10. The van der Waals surface area contributed by atoms with Gasteiger partial charge in [0.2, 0.25) is 0 Å². The van der Waals surface area contributed by atoms with Crippen LogP contribution < -0.4 is 0 Å². The summed E-state index contributed by atoms with van der Waals surface area (Å²) in [5.74, 6) is 1.92. The van der Waals surface area contributed by atoms with Crippen molar-refractivity contribution in [2.24, 2.45) is 11.8 Å². The minimum absolute atomic E-state index is 0.944. The monoisotopic (exact) mass is 126 g/mol. The van der Waals surface area contributed by atoms with Gasteiger partial charge >= 0.3 is 0 Å². The van der Waals surface area contributed by atoms with Crippen molar-refractivity contribution < 1.29 is 0 Å². The summed E-state index contributed by atoms with van der Waals surface area (Å²) >= 11 is 2.02. The number of thioether (sulfide) groups is 1. The van der Waals surface area contributed by atoms with E-state index in [0.29, 0.717) is 0 Å². The van der Waals surface area contributed by atoms with Crippen molar-refractivity contribution in [3.63, 3.8) is 0 Å². The SMILES string of the molecule is C[C@H]1C[C@@H]2SC=C[C@@H]21. The summed E-state index contributed by atoms with van der Waals surface area (Å²) in [6.45, 7) is 2.34. The number of allylic oxidation sites excluding steroid dienone is 1. The number of hydrogen-bond acceptors (Lipinski definition) is 1. The summed E-state index contributed by atoms with van der Waals surface area (Å²) in [6.07, 6.45) is 3.81. The maximum Gasteiger partial charge on any atom is 0.0157 e. The first kappa shape index (κ1) is 4.92. The molecule has 1 aliphatic heterocycles. The fourth-order valence-corrected chi connectivity index (χ4v) is 2.98. The van der Waals surface area contributed by atoms with Crippen LogP contribution in [0.15, 0.2) is 11.5 Å². The minimum atomic E-state index is 0.944. The molecule has 0 aromatic rings. The van der Waals surface area contributed by atoms with Gasteiger partial charge in [0, 0.05) is 5.25 Å². The Hall–Kier alpha value is 0.0900. The van der Waals surface area contributed by atoms with Crippen LogP contribution in [-0.2, 0) is 0 Å². The van der Waals surface area contributed by atoms with Crippen LogP contribution >= 0.6 is 11.8 Å². The molecule has 1 heterocycles. The highest BCUT2D eigenvalue weighted by Crippen LogP contribution is 2.48. The molecule has 1 heteroatoms. The number of fused-ring (bicyclic) bond motifs is 1. The van der Waals surface area contributed by atoms with Gasteiger partial charge in [-0.25, -0.2) is 0 Å². The molecule has 3 atom stereocenters. The molecule has 1 fully saturated rings. The van der Waals surface area contributed by atoms with Crippen LogP contribution in [0.1, 0.15) is 13.3 Å². The highest BCUT2D eigenvalue weighted by Gasteiger charge is 2.38. The third-order valence-electron chi connectivity index (χ3n) is 2.24. The van der Waals surface area contributed by atoms with Crippen LogP contribution in [0.2, 0.25) is 0 Å². The molecule has 0 aromatic carbocycles. The Morgan fingerprint density at radius 1 is 1.62 bits per heavy atom. The average molecular weight is 126 g/mol. The second kappa shape index (κ2) is 1.53. The first-order chi connectivity index (χ1) is 3.88. The Morgan fingerprint density at radius 3 is 3.00 bits per heavy atom. The Kier molecular flexibility index (Phi) is 0.944. The van der Waals surface area contributed by atoms with Gasteiger partial charge in [0.05, 0.1) is 0 Å². The Labute approximate surface area is 54.4 Å². The van der Waals surface area contributed by atoms with Gasteiger partial charge in [0.25, 0.3) is 0 Å². The highest BCUT2D eigenvalue weighted by molar-refractivity contribution is 8.03. The van der Waals surface area contributed by atoms with Gasteiger partial charge in [-0.1, -0.05) is 13.0 Å². The van der Waals surface area contributed by atoms with Gasteiger partial charge in [-0.2, -0.15) is 0 Å². The summed E-state index contributed by atoms with van der Waals surface area (Å²) in [5, 5.41) is 3.24. The Bertz CT molecular complexity index is 128. The van der Waals surface area contributed by atoms with Crippen LogP contribution in [0.3, 0.4) is 0 Å². The molecule has 8 heavy (non-hydrogen) atoms. The van der Waals surface area contributed by atoms with E-state index in [1.165, 1.54) is 6.42 Å². The maximum atomic E-state index is 2.36. The lowest BCUT2D eigenvalue weighted by Crippen LogP contribution is -2.32. The quantitative estimate of drug-likeness (QED) is 0.480. The van der Waals surface area contributed by atoms with Crippen molar-refractivity contribution in [2.45, 2.75) is 18.6 Å². The minimum Gasteiger partial charge on any atom is -0.130 e. The van der Waals surface area contributed by atoms with Gasteiger partial charge in [-0.15, -0.1) is 11.8 Å². The fraction of sp³-hybridized carbons (Fsp3) is 0.714. The van der Waals surface area contributed by atoms with Crippen LogP contribution in [-0.4, -0.2) is 5.25 Å². The van der Waals surface area contributed by atoms with Crippen LogP contribution in [0.25, 0.3) is 0 Å². The molecule has 0 spiro atoms. The molecule has 0 bridgehead atoms. The van der Waals surface area contributed by atoms with Crippen molar-refractivity contribution in [2.75, 3.05) is 0 Å². The van der Waals surface area contributed by atoms with Crippen molar-refractivity contribution in [1.82, 2.24) is 0 Å². The molecule has 2 rings (SSSR count). The molecule has 0 radical (unpaired) electrons. The molecule has 0 saturated heterocycles. The summed E-state index contributed by atoms with van der Waals surface area (Å²) in [5.41, 5.74) is 0. The molecule has 1 aliphatic carbocycles. The van der Waals surface area contributed by atoms with E-state index in [1.54, 1.807) is 0 Å². The average Bonchev–Trinajstić information content (AvgIpc) is 2.09. The van der Waals surface area contributed by atoms with Crippen molar-refractivity contribution in [1.29, 1.82) is 0 Å². The normalized spacial score (nSPS) is 50.9. The summed E-state index contributed by atoms with van der Waals surface area (Å²) < 4.78 is 0. The van der Waals surface area contributed by atoms with E-state index in [4.69, 9.17) is 0 Å². The van der Waals surface area contributed by atoms with E-state index in [9.17, 15) is 0 Å². The molecule has 0 aromatic heterocycles. The topological polar surface area (TPSA) is 0 Å². The molecule has 0 nitrogen and oxygen atoms in total. The Morgan fingerprint density at radius 2 is 2.50 bits per heavy atom. The van der Waals surface area contributed by atoms with E-state index in [0.717, 1.165) is 17.1 Å². The predicted octanol–water partition coefficient (Wildman–Crippen LogP) is 2.27. The molecule has 0 N–H and O–H groups in total. The third kappa shape index (κ3) is 0.482. The summed E-state index contributed by atoms with van der Waals surface area (Å²) in [6, 6.07) is 0. The van der Waals surface area contributed by atoms with Crippen molar-refractivity contribution >= 4 is 11.8 Å². The van der Waals surface area contributed by atoms with Gasteiger partial charge < -0.3 is 0 Å². The van der Waals surface area contributed by atoms with E-state index >= 15 is 0 Å². The van der Waals surface area contributed by atoms with Gasteiger partial charge in [0.1, 0.15) is 0 Å². The largest absolute Gasteiger partial charge is 0.130 e. The molecule has 2 aliphatic rings. The lowest BCUT2D eigenvalue weighted by molar-refractivity contribution is 0.270. The maximum absolute atomic E-state index is 2.36. The standard InChI is InChI=1S/C7H10S/c1-5-4-7-6(5)2-3-8-7/h2-3,5-7H,4H2,1H3/t5-,6+,7-/m0/s1. The number of hydrogen-bond donors (Lipinski definition) is 0. The number of rotatable bonds is 0. The van der Waals surface area contributed by atoms with Crippen LogP contribution in [0, 0.1) is 11.8 Å². The molecular formula is C7H10S. The van der Waals surface area contributed by atoms with Crippen LogP contribution in [0.5, 0.6) is 0 Å². The zero-order chi connectivity index (χ0) is 5.56. The first-order valence-electron chi connectivity index (χ1n) is 3.20. The van der Waals surface area contributed by atoms with E-state index < -0.39 is 0 Å². The lowest BCUT2D eigenvalue weighted by atomic mass is 9.75. The summed E-state index contributed by atoms with van der Waals surface area (Å²) in [4.78, 5) is 0. The smallest absolute Gasteiger partial charge is 0.0157 e. The molecule has 44 valence electrons. The molecule has 1 saturated carbocycles. The van der Waals surface area contributed by atoms with E-state index in [-0.39, 0.29) is 0 Å². The van der Waals surface area contributed by atoms with Gasteiger partial charge in [-0.05, 0) is 23.7 Å². The lowest BCUT2D eigenvalue weighted by Gasteiger charge is -2.36. The fourth-order valence-electron chi connectivity index (χ4n) is 1.55. The van der Waals surface area contributed by atoms with E-state index in [2.05, 4.69) is 18.4 Å². The van der Waals surface area contributed by atoms with Crippen LogP contribution in [0.4, 0.5) is 0 Å². The van der Waals surface area contributed by atoms with Crippen molar-refractivity contribution in [3.8, 4) is 0 Å². The zero-order valence-corrected chi connectivity index (χ0v) is 5.82. The second-order valence-electron chi connectivity index (χ2n) is 2.79. The molecular weight excluding hydrogens is 116 g/mol. The van der Waals surface area contributed by atoms with Gasteiger partial charge in [-0.3, -0.25) is 0 Å². The highest BCUT2D eigenvalue weighted by atomic mass is 32.2. The second-order valence-corrected chi connectivity index (χ2v) is 3.94.